The summed E-state index contributed by atoms with van der Waals surface area (Å²) in [5.41, 5.74) is 0.776. The van der Waals surface area contributed by atoms with Gasteiger partial charge in [0.25, 0.3) is 0 Å². The van der Waals surface area contributed by atoms with Gasteiger partial charge in [0, 0.05) is 18.0 Å². The van der Waals surface area contributed by atoms with Crippen LogP contribution < -0.4 is 5.32 Å². The lowest BCUT2D eigenvalue weighted by molar-refractivity contribution is -0.138. The third-order valence-corrected chi connectivity index (χ3v) is 4.83. The monoisotopic (exact) mass is 268 g/mol. The molecule has 5 nitrogen and oxygen atoms in total. The lowest BCUT2D eigenvalue weighted by Crippen LogP contribution is -2.40. The molecule has 0 bridgehead atoms. The van der Waals surface area contributed by atoms with Crippen LogP contribution in [0.5, 0.6) is 0 Å². The average Bonchev–Trinajstić information content (AvgIpc) is 2.80. The van der Waals surface area contributed by atoms with Crippen molar-refractivity contribution in [1.82, 2.24) is 4.98 Å². The van der Waals surface area contributed by atoms with Gasteiger partial charge in [-0.05, 0) is 25.7 Å². The van der Waals surface area contributed by atoms with E-state index < -0.39 is 11.9 Å². The van der Waals surface area contributed by atoms with Crippen molar-refractivity contribution in [1.29, 1.82) is 0 Å². The molecule has 0 saturated heterocycles. The molecule has 3 rings (SSSR count). The first-order valence-electron chi connectivity index (χ1n) is 6.19. The van der Waals surface area contributed by atoms with Gasteiger partial charge in [0.15, 0.2) is 5.13 Å². The third kappa shape index (κ3) is 1.99. The molecule has 1 saturated carbocycles. The molecule has 1 atom stereocenters. The van der Waals surface area contributed by atoms with Crippen LogP contribution in [0.15, 0.2) is 0 Å². The molecule has 6 heteroatoms. The van der Waals surface area contributed by atoms with Crippen LogP contribution in [0.3, 0.4) is 0 Å². The molecule has 98 valence electrons. The van der Waals surface area contributed by atoms with Gasteiger partial charge in [0.05, 0.1) is 11.8 Å². The highest BCUT2D eigenvalue weighted by Crippen LogP contribution is 2.39. The molecule has 2 aliphatic rings. The predicted molar refractivity (Wildman–Crippen MR) is 68.3 cm³/mol. The molecule has 0 radical (unpaired) electrons. The van der Waals surface area contributed by atoms with Crippen LogP contribution in [0.2, 0.25) is 0 Å². The van der Waals surface area contributed by atoms with Crippen LogP contribution in [-0.4, -0.2) is 35.3 Å². The van der Waals surface area contributed by atoms with Gasteiger partial charge >= 0.3 is 5.97 Å². The second-order valence-electron chi connectivity index (χ2n) is 4.93. The summed E-state index contributed by atoms with van der Waals surface area (Å²) in [4.78, 5) is 16.7. The van der Waals surface area contributed by atoms with Gasteiger partial charge in [-0.2, -0.15) is 0 Å². The predicted octanol–water partition coefficient (Wildman–Crippen LogP) is 1.85. The summed E-state index contributed by atoms with van der Waals surface area (Å²) in [5, 5.41) is 13.3. The molecular formula is C12H16N2O3S. The number of nitrogens with zero attached hydrogens (tertiary/aromatic N) is 1. The Labute approximate surface area is 109 Å². The van der Waals surface area contributed by atoms with Gasteiger partial charge < -0.3 is 15.2 Å². The van der Waals surface area contributed by atoms with Crippen molar-refractivity contribution < 1.29 is 14.6 Å². The highest BCUT2D eigenvalue weighted by atomic mass is 32.1. The molecule has 1 aromatic rings. The Morgan fingerprint density at radius 2 is 2.33 bits per heavy atom. The normalized spacial score (nSPS) is 29.7. The Morgan fingerprint density at radius 3 is 3.00 bits per heavy atom. The highest BCUT2D eigenvalue weighted by Gasteiger charge is 2.34. The number of aryl methyl sites for hydroxylation is 1. The lowest BCUT2D eigenvalue weighted by Gasteiger charge is -2.34. The van der Waals surface area contributed by atoms with E-state index in [0.717, 1.165) is 35.0 Å². The van der Waals surface area contributed by atoms with Crippen molar-refractivity contribution in [3.8, 4) is 0 Å². The van der Waals surface area contributed by atoms with Gasteiger partial charge in [0.1, 0.15) is 5.92 Å². The number of carbonyl (C=O) groups is 1. The number of rotatable bonds is 4. The molecule has 1 unspecified atom stereocenters. The van der Waals surface area contributed by atoms with Gasteiger partial charge in [-0.1, -0.05) is 0 Å². The Bertz CT molecular complexity index is 468. The van der Waals surface area contributed by atoms with E-state index in [4.69, 9.17) is 9.84 Å². The number of carboxylic acids is 1. The maximum atomic E-state index is 11.1. The molecule has 1 heterocycles. The van der Waals surface area contributed by atoms with Crippen LogP contribution in [-0.2, 0) is 16.0 Å². The smallest absolute Gasteiger partial charge is 0.312 e. The first kappa shape index (κ1) is 11.9. The lowest BCUT2D eigenvalue weighted by atomic mass is 9.89. The maximum Gasteiger partial charge on any atom is 0.312 e. The summed E-state index contributed by atoms with van der Waals surface area (Å²) in [7, 11) is 1.73. The number of thiazole rings is 1. The summed E-state index contributed by atoms with van der Waals surface area (Å²) in [5.74, 6) is -1.16. The van der Waals surface area contributed by atoms with E-state index in [0.29, 0.717) is 18.6 Å². The molecule has 1 fully saturated rings. The number of hydrogen-bond acceptors (Lipinski definition) is 5. The Morgan fingerprint density at radius 1 is 1.56 bits per heavy atom. The fourth-order valence-corrected chi connectivity index (χ4v) is 3.70. The maximum absolute atomic E-state index is 11.1. The van der Waals surface area contributed by atoms with E-state index in [1.165, 1.54) is 0 Å². The molecule has 0 spiro atoms. The minimum atomic E-state index is -0.756. The topological polar surface area (TPSA) is 71.5 Å². The van der Waals surface area contributed by atoms with E-state index >= 15 is 0 Å². The van der Waals surface area contributed by atoms with Crippen molar-refractivity contribution in [3.05, 3.63) is 10.6 Å². The number of carboxylic acid groups (broad SMARTS) is 1. The van der Waals surface area contributed by atoms with Gasteiger partial charge in [0.2, 0.25) is 0 Å². The Kier molecular flexibility index (Phi) is 2.99. The third-order valence-electron chi connectivity index (χ3n) is 3.77. The Balaban J connectivity index is 1.66. The van der Waals surface area contributed by atoms with E-state index in [-0.39, 0.29) is 0 Å². The zero-order valence-corrected chi connectivity index (χ0v) is 11.0. The summed E-state index contributed by atoms with van der Waals surface area (Å²) < 4.78 is 5.23. The average molecular weight is 268 g/mol. The number of methoxy groups -OCH3 is 1. The first-order valence-corrected chi connectivity index (χ1v) is 7.00. The standard InChI is InChI=1S/C12H16N2O3S/c1-17-7-4-6(5-7)13-12-14-10-8(11(15)16)2-3-9(10)18-12/h6-8H,2-5H2,1H3,(H,13,14)(H,15,16). The number of hydrogen-bond donors (Lipinski definition) is 2. The van der Waals surface area contributed by atoms with E-state index in [9.17, 15) is 4.79 Å². The SMILES string of the molecule is COC1CC(Nc2nc3c(s2)CCC3C(=O)O)C1. The molecule has 0 aromatic carbocycles. The number of aliphatic carboxylic acids is 1. The number of aromatic nitrogens is 1. The fourth-order valence-electron chi connectivity index (χ4n) is 2.58. The molecular weight excluding hydrogens is 252 g/mol. The molecule has 2 N–H and O–H groups in total. The van der Waals surface area contributed by atoms with Crippen LogP contribution in [0, 0.1) is 0 Å². The van der Waals surface area contributed by atoms with Crippen molar-refractivity contribution >= 4 is 22.4 Å². The van der Waals surface area contributed by atoms with Crippen molar-refractivity contribution in [2.45, 2.75) is 43.7 Å². The summed E-state index contributed by atoms with van der Waals surface area (Å²) in [6, 6.07) is 0.421. The first-order chi connectivity index (χ1) is 8.67. The minimum Gasteiger partial charge on any atom is -0.481 e. The van der Waals surface area contributed by atoms with Crippen LogP contribution in [0.1, 0.15) is 35.8 Å². The van der Waals surface area contributed by atoms with Gasteiger partial charge in [-0.25, -0.2) is 4.98 Å². The molecule has 2 aliphatic carbocycles. The van der Waals surface area contributed by atoms with E-state index in [1.807, 2.05) is 0 Å². The number of fused-ring (bicyclic) bond motifs is 1. The molecule has 18 heavy (non-hydrogen) atoms. The second kappa shape index (κ2) is 4.51. The van der Waals surface area contributed by atoms with E-state index in [2.05, 4.69) is 10.3 Å². The molecule has 0 aliphatic heterocycles. The van der Waals surface area contributed by atoms with Crippen molar-refractivity contribution in [3.63, 3.8) is 0 Å². The minimum absolute atomic E-state index is 0.362. The zero-order chi connectivity index (χ0) is 12.7. The number of ether oxygens (including phenoxy) is 1. The molecule has 1 aromatic heterocycles. The summed E-state index contributed by atoms with van der Waals surface area (Å²) in [6.07, 6.45) is 3.91. The fraction of sp³-hybridized carbons (Fsp3) is 0.667. The zero-order valence-electron chi connectivity index (χ0n) is 10.2. The number of anilines is 1. The van der Waals surface area contributed by atoms with Crippen molar-refractivity contribution in [2.24, 2.45) is 0 Å². The highest BCUT2D eigenvalue weighted by molar-refractivity contribution is 7.15. The number of nitrogens with one attached hydrogen (secondary N) is 1. The van der Waals surface area contributed by atoms with Crippen LogP contribution >= 0.6 is 11.3 Å². The largest absolute Gasteiger partial charge is 0.481 e. The molecule has 0 amide bonds. The summed E-state index contributed by atoms with van der Waals surface area (Å²) >= 11 is 1.60. The van der Waals surface area contributed by atoms with Gasteiger partial charge in [-0.15, -0.1) is 11.3 Å². The summed E-state index contributed by atoms with van der Waals surface area (Å²) in [6.45, 7) is 0. The van der Waals surface area contributed by atoms with Crippen molar-refractivity contribution in [2.75, 3.05) is 12.4 Å². The Hall–Kier alpha value is -1.14. The quantitative estimate of drug-likeness (QED) is 0.872. The van der Waals surface area contributed by atoms with Crippen LogP contribution in [0.4, 0.5) is 5.13 Å². The van der Waals surface area contributed by atoms with E-state index in [1.54, 1.807) is 18.4 Å². The second-order valence-corrected chi connectivity index (χ2v) is 6.01. The van der Waals surface area contributed by atoms with Gasteiger partial charge in [-0.3, -0.25) is 4.79 Å². The van der Waals surface area contributed by atoms with Crippen LogP contribution in [0.25, 0.3) is 0 Å².